The largest absolute Gasteiger partial charge is 0.348 e. The summed E-state index contributed by atoms with van der Waals surface area (Å²) in [6, 6.07) is 6.63. The number of nitrogens with zero attached hydrogens (tertiary/aromatic N) is 5. The van der Waals surface area contributed by atoms with Gasteiger partial charge in [0, 0.05) is 44.1 Å². The van der Waals surface area contributed by atoms with E-state index in [4.69, 9.17) is 11.6 Å². The number of sulfonamides is 1. The maximum atomic E-state index is 14.0. The van der Waals surface area contributed by atoms with E-state index in [0.29, 0.717) is 24.4 Å². The quantitative estimate of drug-likeness (QED) is 0.435. The molecule has 8 nitrogen and oxygen atoms in total. The van der Waals surface area contributed by atoms with Gasteiger partial charge in [-0.2, -0.15) is 4.31 Å². The highest BCUT2D eigenvalue weighted by molar-refractivity contribution is 7.89. The summed E-state index contributed by atoms with van der Waals surface area (Å²) >= 11 is 6.18. The Kier molecular flexibility index (Phi) is 5.93. The first kappa shape index (κ1) is 26.1. The Balaban J connectivity index is 1.26. The molecule has 1 saturated carbocycles. The first-order valence-corrected chi connectivity index (χ1v) is 15.3. The first-order chi connectivity index (χ1) is 19.0. The molecule has 13 heteroatoms. The number of anilines is 1. The highest BCUT2D eigenvalue weighted by Gasteiger charge is 2.46. The summed E-state index contributed by atoms with van der Waals surface area (Å²) in [5, 5.41) is 0.0550. The SMILES string of the molecule is O=C(c1ccc(F)cc1Cl)N1C[C@H]2CC[C@@H](C1)N2c1cc(S(=O)(=O)N2CCC(F)(F)C2)cc2cnc(C3CC3)n12. The maximum absolute atomic E-state index is 14.0. The summed E-state index contributed by atoms with van der Waals surface area (Å²) in [5.41, 5.74) is 0.833. The van der Waals surface area contributed by atoms with Crippen LogP contribution < -0.4 is 4.90 Å². The van der Waals surface area contributed by atoms with Crippen molar-refractivity contribution in [3.8, 4) is 0 Å². The third-order valence-corrected chi connectivity index (χ3v) is 10.7. The number of hydrogen-bond acceptors (Lipinski definition) is 5. The number of halogens is 4. The number of piperazine rings is 1. The average Bonchev–Trinajstić information content (AvgIpc) is 3.46. The first-order valence-electron chi connectivity index (χ1n) is 13.4. The number of imidazole rings is 1. The summed E-state index contributed by atoms with van der Waals surface area (Å²) < 4.78 is 71.4. The Labute approximate surface area is 234 Å². The molecule has 3 aromatic rings. The van der Waals surface area contributed by atoms with Gasteiger partial charge >= 0.3 is 0 Å². The molecule has 212 valence electrons. The van der Waals surface area contributed by atoms with Crippen molar-refractivity contribution in [2.75, 3.05) is 31.1 Å². The molecular weight excluding hydrogens is 567 g/mol. The van der Waals surface area contributed by atoms with E-state index >= 15 is 0 Å². The van der Waals surface area contributed by atoms with E-state index < -0.39 is 34.7 Å². The van der Waals surface area contributed by atoms with Gasteiger partial charge < -0.3 is 9.80 Å². The van der Waals surface area contributed by atoms with Crippen molar-refractivity contribution in [2.24, 2.45) is 0 Å². The number of aromatic nitrogens is 2. The van der Waals surface area contributed by atoms with Crippen molar-refractivity contribution in [3.05, 3.63) is 58.8 Å². The number of likely N-dealkylation sites (tertiary alicyclic amines) is 1. The summed E-state index contributed by atoms with van der Waals surface area (Å²) in [5.74, 6) is -2.06. The Morgan fingerprint density at radius 1 is 1.05 bits per heavy atom. The van der Waals surface area contributed by atoms with Gasteiger partial charge in [0.1, 0.15) is 17.5 Å². The van der Waals surface area contributed by atoms with Gasteiger partial charge in [0.15, 0.2) is 0 Å². The smallest absolute Gasteiger partial charge is 0.262 e. The van der Waals surface area contributed by atoms with Crippen molar-refractivity contribution in [2.45, 2.75) is 60.9 Å². The predicted molar refractivity (Wildman–Crippen MR) is 142 cm³/mol. The molecule has 3 aliphatic heterocycles. The van der Waals surface area contributed by atoms with Gasteiger partial charge in [-0.25, -0.2) is 26.6 Å². The molecule has 1 aliphatic carbocycles. The zero-order valence-electron chi connectivity index (χ0n) is 21.4. The molecule has 7 rings (SSSR count). The van der Waals surface area contributed by atoms with Crippen molar-refractivity contribution in [1.82, 2.24) is 18.6 Å². The van der Waals surface area contributed by atoms with Gasteiger partial charge in [0.2, 0.25) is 10.0 Å². The van der Waals surface area contributed by atoms with Gasteiger partial charge in [-0.3, -0.25) is 9.20 Å². The lowest BCUT2D eigenvalue weighted by atomic mass is 10.1. The van der Waals surface area contributed by atoms with Crippen LogP contribution in [0.5, 0.6) is 0 Å². The van der Waals surface area contributed by atoms with E-state index in [1.807, 2.05) is 4.40 Å². The van der Waals surface area contributed by atoms with Crippen LogP contribution in [0.4, 0.5) is 19.0 Å². The van der Waals surface area contributed by atoms with Gasteiger partial charge in [0.05, 0.1) is 33.7 Å². The number of hydrogen-bond donors (Lipinski definition) is 0. The molecule has 0 spiro atoms. The van der Waals surface area contributed by atoms with E-state index in [0.717, 1.165) is 41.9 Å². The minimum atomic E-state index is -4.17. The summed E-state index contributed by atoms with van der Waals surface area (Å²) in [7, 11) is -4.17. The molecule has 5 heterocycles. The number of benzene rings is 1. The maximum Gasteiger partial charge on any atom is 0.262 e. The molecule has 4 aliphatic rings. The third kappa shape index (κ3) is 4.26. The van der Waals surface area contributed by atoms with Crippen molar-refractivity contribution in [3.63, 3.8) is 0 Å². The second-order valence-corrected chi connectivity index (χ2v) is 13.6. The van der Waals surface area contributed by atoms with Crippen LogP contribution in [0.15, 0.2) is 41.4 Å². The molecular formula is C27H27ClF3N5O3S. The number of fused-ring (bicyclic) bond motifs is 3. The second kappa shape index (κ2) is 9.09. The van der Waals surface area contributed by atoms with Crippen molar-refractivity contribution in [1.29, 1.82) is 0 Å². The number of alkyl halides is 2. The number of amides is 1. The Hall–Kier alpha value is -2.83. The molecule has 40 heavy (non-hydrogen) atoms. The highest BCUT2D eigenvalue weighted by Crippen LogP contribution is 2.44. The highest BCUT2D eigenvalue weighted by atomic mass is 35.5. The van der Waals surface area contributed by atoms with Crippen molar-refractivity contribution < 1.29 is 26.4 Å². The van der Waals surface area contributed by atoms with Crippen LogP contribution in [-0.2, 0) is 10.0 Å². The minimum absolute atomic E-state index is 0.0362. The fraction of sp³-hybridized carbons (Fsp3) is 0.481. The zero-order chi connectivity index (χ0) is 28.0. The van der Waals surface area contributed by atoms with Crippen molar-refractivity contribution >= 4 is 38.9 Å². The Morgan fingerprint density at radius 2 is 1.77 bits per heavy atom. The lowest BCUT2D eigenvalue weighted by molar-refractivity contribution is 0.0183. The molecule has 0 unspecified atom stereocenters. The molecule has 1 aromatic carbocycles. The molecule has 1 amide bonds. The van der Waals surface area contributed by atoms with E-state index in [-0.39, 0.29) is 45.9 Å². The molecule has 3 saturated heterocycles. The van der Waals surface area contributed by atoms with Gasteiger partial charge in [-0.1, -0.05) is 11.6 Å². The van der Waals surface area contributed by atoms with Crippen LogP contribution in [-0.4, -0.2) is 77.1 Å². The molecule has 0 radical (unpaired) electrons. The molecule has 4 fully saturated rings. The zero-order valence-corrected chi connectivity index (χ0v) is 23.0. The molecule has 2 aromatic heterocycles. The predicted octanol–water partition coefficient (Wildman–Crippen LogP) is 4.53. The van der Waals surface area contributed by atoms with Crippen LogP contribution in [0.2, 0.25) is 5.02 Å². The van der Waals surface area contributed by atoms with E-state index in [1.165, 1.54) is 18.2 Å². The monoisotopic (exact) mass is 593 g/mol. The summed E-state index contributed by atoms with van der Waals surface area (Å²) in [6.07, 6.45) is 4.71. The fourth-order valence-electron chi connectivity index (χ4n) is 6.41. The Morgan fingerprint density at radius 3 is 2.40 bits per heavy atom. The van der Waals surface area contributed by atoms with Crippen LogP contribution in [0, 0.1) is 5.82 Å². The molecule has 2 atom stereocenters. The van der Waals surface area contributed by atoms with Crippen LogP contribution >= 0.6 is 11.6 Å². The number of carbonyl (C=O) groups excluding carboxylic acids is 1. The lowest BCUT2D eigenvalue weighted by Gasteiger charge is -2.43. The topological polar surface area (TPSA) is 78.2 Å². The number of carbonyl (C=O) groups is 1. The van der Waals surface area contributed by atoms with E-state index in [9.17, 15) is 26.4 Å². The third-order valence-electron chi connectivity index (χ3n) is 8.52. The molecule has 0 N–H and O–H groups in total. The number of rotatable bonds is 5. The van der Waals surface area contributed by atoms with Crippen LogP contribution in [0.1, 0.15) is 54.2 Å². The van der Waals surface area contributed by atoms with Crippen LogP contribution in [0.3, 0.4) is 0 Å². The minimum Gasteiger partial charge on any atom is -0.348 e. The van der Waals surface area contributed by atoms with E-state index in [2.05, 4.69) is 9.88 Å². The van der Waals surface area contributed by atoms with Gasteiger partial charge in [-0.15, -0.1) is 0 Å². The lowest BCUT2D eigenvalue weighted by Crippen LogP contribution is -2.56. The normalized spacial score (nSPS) is 24.8. The summed E-state index contributed by atoms with van der Waals surface area (Å²) in [6.45, 7) is -0.304. The molecule has 2 bridgehead atoms. The standard InChI is InChI=1S/C27H27ClF3N5O3S/c28-23-9-17(29)3-6-22(23)26(37)33-13-18-4-5-19(14-33)35(18)24-11-21(40(38,39)34-8-7-27(30,31)15-34)10-20-12-32-25(36(20)24)16-1-2-16/h3,6,9-12,16,18-19H,1-2,4-5,7-8,13-15H2/t18-,19+. The van der Waals surface area contributed by atoms with Crippen LogP contribution in [0.25, 0.3) is 5.52 Å². The Bertz CT molecular complexity index is 1630. The summed E-state index contributed by atoms with van der Waals surface area (Å²) in [4.78, 5) is 21.8. The van der Waals surface area contributed by atoms with E-state index in [1.54, 1.807) is 17.2 Å². The fourth-order valence-corrected chi connectivity index (χ4v) is 8.17. The van der Waals surface area contributed by atoms with Gasteiger partial charge in [-0.05, 0) is 56.0 Å². The number of pyridine rings is 1. The second-order valence-electron chi connectivity index (χ2n) is 11.3. The average molecular weight is 594 g/mol. The van der Waals surface area contributed by atoms with Gasteiger partial charge in [0.25, 0.3) is 11.8 Å².